The predicted octanol–water partition coefficient (Wildman–Crippen LogP) is 1.92. The summed E-state index contributed by atoms with van der Waals surface area (Å²) in [5, 5.41) is 9.49. The first-order valence-electron chi connectivity index (χ1n) is 6.51. The minimum absolute atomic E-state index is 0.382. The van der Waals surface area contributed by atoms with Gasteiger partial charge in [-0.05, 0) is 69.1 Å². The summed E-state index contributed by atoms with van der Waals surface area (Å²) in [5.74, 6) is 0.990. The molecule has 3 heteroatoms. The largest absolute Gasteiger partial charge is 0.508 e. The van der Waals surface area contributed by atoms with Crippen molar-refractivity contribution >= 4 is 0 Å². The number of aromatic hydroxyl groups is 1. The lowest BCUT2D eigenvalue weighted by Gasteiger charge is -2.32. The van der Waals surface area contributed by atoms with Crippen molar-refractivity contribution in [1.29, 1.82) is 0 Å². The molecule has 0 atom stereocenters. The molecule has 0 aromatic heterocycles. The molecule has 0 bridgehead atoms. The van der Waals surface area contributed by atoms with Crippen molar-refractivity contribution in [2.75, 3.05) is 26.2 Å². The zero-order valence-electron chi connectivity index (χ0n) is 10.3. The van der Waals surface area contributed by atoms with Crippen LogP contribution in [-0.4, -0.2) is 36.2 Å². The van der Waals surface area contributed by atoms with Gasteiger partial charge in [-0.25, -0.2) is 0 Å². The van der Waals surface area contributed by atoms with Gasteiger partial charge in [-0.15, -0.1) is 0 Å². The fourth-order valence-electron chi connectivity index (χ4n) is 2.58. The fraction of sp³-hybridized carbons (Fsp3) is 0.571. The van der Waals surface area contributed by atoms with Crippen molar-refractivity contribution in [1.82, 2.24) is 4.90 Å². The van der Waals surface area contributed by atoms with Crippen LogP contribution in [0.5, 0.6) is 5.75 Å². The predicted molar refractivity (Wildman–Crippen MR) is 70.2 cm³/mol. The number of hydrogen-bond acceptors (Lipinski definition) is 3. The second-order valence-corrected chi connectivity index (χ2v) is 4.85. The van der Waals surface area contributed by atoms with E-state index < -0.39 is 0 Å². The Bertz CT molecular complexity index is 346. The van der Waals surface area contributed by atoms with Gasteiger partial charge in [-0.1, -0.05) is 12.1 Å². The molecule has 1 aromatic carbocycles. The fourth-order valence-corrected chi connectivity index (χ4v) is 2.58. The van der Waals surface area contributed by atoms with Gasteiger partial charge in [0.05, 0.1) is 0 Å². The Kier molecular flexibility index (Phi) is 4.40. The van der Waals surface area contributed by atoms with Crippen molar-refractivity contribution in [3.8, 4) is 5.75 Å². The Morgan fingerprint density at radius 3 is 2.71 bits per heavy atom. The Labute approximate surface area is 103 Å². The first-order chi connectivity index (χ1) is 8.29. The van der Waals surface area contributed by atoms with Crippen LogP contribution in [0.2, 0.25) is 0 Å². The topological polar surface area (TPSA) is 49.5 Å². The molecule has 1 saturated heterocycles. The van der Waals surface area contributed by atoms with Gasteiger partial charge in [0, 0.05) is 0 Å². The molecular formula is C14H22N2O. The van der Waals surface area contributed by atoms with Crippen LogP contribution in [0.15, 0.2) is 24.3 Å². The maximum absolute atomic E-state index is 9.49. The van der Waals surface area contributed by atoms with Crippen LogP contribution in [0.1, 0.15) is 30.7 Å². The first kappa shape index (κ1) is 12.4. The van der Waals surface area contributed by atoms with Crippen molar-refractivity contribution in [2.24, 2.45) is 5.73 Å². The Balaban J connectivity index is 1.86. The van der Waals surface area contributed by atoms with Crippen LogP contribution >= 0.6 is 0 Å². The molecule has 3 N–H and O–H groups in total. The normalized spacial score (nSPS) is 18.4. The third-order valence-corrected chi connectivity index (χ3v) is 3.61. The lowest BCUT2D eigenvalue weighted by Crippen LogP contribution is -2.34. The highest BCUT2D eigenvalue weighted by Gasteiger charge is 2.20. The average Bonchev–Trinajstić information content (AvgIpc) is 2.37. The van der Waals surface area contributed by atoms with Crippen LogP contribution in [0.3, 0.4) is 0 Å². The van der Waals surface area contributed by atoms with Crippen molar-refractivity contribution in [3.05, 3.63) is 29.8 Å². The first-order valence-corrected chi connectivity index (χ1v) is 6.51. The smallest absolute Gasteiger partial charge is 0.115 e. The minimum Gasteiger partial charge on any atom is -0.508 e. The molecule has 0 saturated carbocycles. The van der Waals surface area contributed by atoms with Crippen molar-refractivity contribution < 1.29 is 5.11 Å². The maximum atomic E-state index is 9.49. The molecule has 1 aliphatic heterocycles. The number of phenolic OH excluding ortho intramolecular Hbond substituents is 1. The number of benzene rings is 1. The van der Waals surface area contributed by atoms with E-state index in [0.29, 0.717) is 11.7 Å². The van der Waals surface area contributed by atoms with Crippen LogP contribution in [0, 0.1) is 0 Å². The Morgan fingerprint density at radius 2 is 2.06 bits per heavy atom. The van der Waals surface area contributed by atoms with Gasteiger partial charge in [0.25, 0.3) is 0 Å². The van der Waals surface area contributed by atoms with Gasteiger partial charge in [-0.3, -0.25) is 0 Å². The third-order valence-electron chi connectivity index (χ3n) is 3.61. The number of phenols is 1. The molecule has 0 amide bonds. The van der Waals surface area contributed by atoms with Crippen molar-refractivity contribution in [3.63, 3.8) is 0 Å². The standard InChI is InChI=1S/C14H22N2O/c15-7-2-8-16-9-5-12(6-10-16)13-3-1-4-14(17)11-13/h1,3-4,11-12,17H,2,5-10,15H2. The summed E-state index contributed by atoms with van der Waals surface area (Å²) in [6.07, 6.45) is 3.47. The molecule has 1 aromatic rings. The molecule has 1 aliphatic rings. The zero-order valence-corrected chi connectivity index (χ0v) is 10.3. The summed E-state index contributed by atoms with van der Waals surface area (Å²) in [4.78, 5) is 2.49. The van der Waals surface area contributed by atoms with Gasteiger partial charge in [0.2, 0.25) is 0 Å². The quantitative estimate of drug-likeness (QED) is 0.837. The van der Waals surface area contributed by atoms with E-state index in [-0.39, 0.29) is 0 Å². The molecule has 17 heavy (non-hydrogen) atoms. The minimum atomic E-state index is 0.382. The number of likely N-dealkylation sites (tertiary alicyclic amines) is 1. The molecule has 1 heterocycles. The van der Waals surface area contributed by atoms with Crippen LogP contribution in [0.25, 0.3) is 0 Å². The van der Waals surface area contributed by atoms with E-state index in [1.54, 1.807) is 6.07 Å². The molecule has 0 radical (unpaired) electrons. The number of piperidine rings is 1. The molecule has 0 aliphatic carbocycles. The molecule has 3 nitrogen and oxygen atoms in total. The monoisotopic (exact) mass is 234 g/mol. The summed E-state index contributed by atoms with van der Waals surface area (Å²) in [6.45, 7) is 4.22. The van der Waals surface area contributed by atoms with E-state index >= 15 is 0 Å². The van der Waals surface area contributed by atoms with E-state index in [0.717, 1.165) is 32.6 Å². The number of nitrogens with two attached hydrogens (primary N) is 1. The Hall–Kier alpha value is -1.06. The zero-order chi connectivity index (χ0) is 12.1. The summed E-state index contributed by atoms with van der Waals surface area (Å²) < 4.78 is 0. The maximum Gasteiger partial charge on any atom is 0.115 e. The van der Waals surface area contributed by atoms with E-state index in [1.165, 1.54) is 18.4 Å². The lowest BCUT2D eigenvalue weighted by atomic mass is 9.89. The van der Waals surface area contributed by atoms with Gasteiger partial charge in [0.15, 0.2) is 0 Å². The van der Waals surface area contributed by atoms with Crippen LogP contribution in [-0.2, 0) is 0 Å². The van der Waals surface area contributed by atoms with E-state index in [4.69, 9.17) is 5.73 Å². The Morgan fingerprint density at radius 1 is 1.29 bits per heavy atom. The third kappa shape index (κ3) is 3.45. The highest BCUT2D eigenvalue weighted by atomic mass is 16.3. The average molecular weight is 234 g/mol. The highest BCUT2D eigenvalue weighted by molar-refractivity contribution is 5.29. The summed E-state index contributed by atoms with van der Waals surface area (Å²) in [5.41, 5.74) is 6.81. The molecule has 2 rings (SSSR count). The molecular weight excluding hydrogens is 212 g/mol. The summed E-state index contributed by atoms with van der Waals surface area (Å²) >= 11 is 0. The molecule has 0 unspecified atom stereocenters. The summed E-state index contributed by atoms with van der Waals surface area (Å²) in [6, 6.07) is 7.70. The SMILES string of the molecule is NCCCN1CCC(c2cccc(O)c2)CC1. The second kappa shape index (κ2) is 6.03. The van der Waals surface area contributed by atoms with Gasteiger partial charge in [-0.2, -0.15) is 0 Å². The van der Waals surface area contributed by atoms with E-state index in [9.17, 15) is 5.11 Å². The molecule has 94 valence electrons. The number of rotatable bonds is 4. The van der Waals surface area contributed by atoms with Gasteiger partial charge < -0.3 is 15.7 Å². The van der Waals surface area contributed by atoms with E-state index in [1.807, 2.05) is 12.1 Å². The van der Waals surface area contributed by atoms with Crippen LogP contribution < -0.4 is 5.73 Å². The number of nitrogens with zero attached hydrogens (tertiary/aromatic N) is 1. The highest BCUT2D eigenvalue weighted by Crippen LogP contribution is 2.29. The van der Waals surface area contributed by atoms with Crippen LogP contribution in [0.4, 0.5) is 0 Å². The van der Waals surface area contributed by atoms with E-state index in [2.05, 4.69) is 11.0 Å². The van der Waals surface area contributed by atoms with Gasteiger partial charge >= 0.3 is 0 Å². The molecule has 0 spiro atoms. The number of hydrogen-bond donors (Lipinski definition) is 2. The van der Waals surface area contributed by atoms with Crippen molar-refractivity contribution in [2.45, 2.75) is 25.2 Å². The second-order valence-electron chi connectivity index (χ2n) is 4.85. The lowest BCUT2D eigenvalue weighted by molar-refractivity contribution is 0.211. The summed E-state index contributed by atoms with van der Waals surface area (Å²) in [7, 11) is 0. The van der Waals surface area contributed by atoms with Gasteiger partial charge in [0.1, 0.15) is 5.75 Å². The molecule has 1 fully saturated rings.